The maximum atomic E-state index is 12.3. The van der Waals surface area contributed by atoms with Gasteiger partial charge in [-0.3, -0.25) is 9.37 Å². The van der Waals surface area contributed by atoms with Gasteiger partial charge in [0.15, 0.2) is 0 Å². The Morgan fingerprint density at radius 2 is 1.79 bits per heavy atom. The van der Waals surface area contributed by atoms with E-state index in [1.54, 1.807) is 31.3 Å². The number of nitrogens with one attached hydrogen (secondary N) is 1. The van der Waals surface area contributed by atoms with Crippen molar-refractivity contribution in [3.05, 3.63) is 53.9 Å². The number of sulfonamides is 1. The summed E-state index contributed by atoms with van der Waals surface area (Å²) < 4.78 is 37.3. The Bertz CT molecular complexity index is 761. The monoisotopic (exact) mass is 352 g/mol. The molecule has 1 aromatic carbocycles. The predicted molar refractivity (Wildman–Crippen MR) is 91.6 cm³/mol. The second kappa shape index (κ2) is 7.83. The lowest BCUT2D eigenvalue weighted by Crippen LogP contribution is -2.25. The molecule has 0 saturated heterocycles. The summed E-state index contributed by atoms with van der Waals surface area (Å²) in [6.45, 7) is 1.16. The van der Waals surface area contributed by atoms with Gasteiger partial charge in [0, 0.05) is 18.2 Å². The van der Waals surface area contributed by atoms with E-state index < -0.39 is 28.8 Å². The van der Waals surface area contributed by atoms with E-state index in [4.69, 9.17) is 0 Å². The molecule has 2 unspecified atom stereocenters. The van der Waals surface area contributed by atoms with Gasteiger partial charge in [0.2, 0.25) is 10.0 Å². The molecule has 1 heterocycles. The fraction of sp³-hybridized carbons (Fsp3) is 0.353. The fourth-order valence-electron chi connectivity index (χ4n) is 2.38. The predicted octanol–water partition coefficient (Wildman–Crippen LogP) is 2.75. The molecule has 0 spiro atoms. The molecule has 7 heteroatoms. The lowest BCUT2D eigenvalue weighted by atomic mass is 10.0. The minimum atomic E-state index is -3.29. The molecule has 2 atom stereocenters. The van der Waals surface area contributed by atoms with Gasteiger partial charge in [-0.15, -0.1) is 0 Å². The van der Waals surface area contributed by atoms with E-state index in [2.05, 4.69) is 9.71 Å². The second-order valence-electron chi connectivity index (χ2n) is 5.70. The molecule has 0 fully saturated rings. The lowest BCUT2D eigenvalue weighted by molar-refractivity contribution is 0.156. The zero-order valence-electron chi connectivity index (χ0n) is 13.6. The van der Waals surface area contributed by atoms with Gasteiger partial charge in [0.25, 0.3) is 0 Å². The molecule has 0 radical (unpaired) electrons. The van der Waals surface area contributed by atoms with Gasteiger partial charge in [-0.2, -0.15) is 0 Å². The zero-order chi connectivity index (χ0) is 17.7. The molecule has 2 N–H and O–H groups in total. The van der Waals surface area contributed by atoms with Crippen molar-refractivity contribution in [2.45, 2.75) is 25.5 Å². The van der Waals surface area contributed by atoms with E-state index in [1.165, 1.54) is 0 Å². The summed E-state index contributed by atoms with van der Waals surface area (Å²) in [4.78, 5) is 4.30. The standard InChI is InChI=1S/C17H21FN2O3S/c1-12(20-24(2,22)23)16-8-7-15(11-19-16)13-3-5-14(6-4-13)17(21)9-10-18/h3-8,11-12,17,20-21H,9-10H2,1-2H3. The Morgan fingerprint density at radius 1 is 1.17 bits per heavy atom. The molecule has 0 aliphatic heterocycles. The van der Waals surface area contributed by atoms with Gasteiger partial charge in [0.05, 0.1) is 30.8 Å². The first-order valence-electron chi connectivity index (χ1n) is 7.58. The molecule has 0 aliphatic rings. The van der Waals surface area contributed by atoms with Crippen LogP contribution in [0.5, 0.6) is 0 Å². The number of hydrogen-bond acceptors (Lipinski definition) is 4. The molecular formula is C17H21FN2O3S. The van der Waals surface area contributed by atoms with Crippen LogP contribution in [0.15, 0.2) is 42.6 Å². The van der Waals surface area contributed by atoms with Crippen LogP contribution in [-0.2, 0) is 10.0 Å². The van der Waals surface area contributed by atoms with Gasteiger partial charge in [-0.25, -0.2) is 13.1 Å². The van der Waals surface area contributed by atoms with Gasteiger partial charge >= 0.3 is 0 Å². The van der Waals surface area contributed by atoms with Crippen LogP contribution in [0.3, 0.4) is 0 Å². The largest absolute Gasteiger partial charge is 0.388 e. The van der Waals surface area contributed by atoms with Crippen molar-refractivity contribution in [2.75, 3.05) is 12.9 Å². The average molecular weight is 352 g/mol. The van der Waals surface area contributed by atoms with Crippen LogP contribution in [0.2, 0.25) is 0 Å². The smallest absolute Gasteiger partial charge is 0.209 e. The number of hydrogen-bond donors (Lipinski definition) is 2. The normalized spacial score (nSPS) is 14.3. The summed E-state index contributed by atoms with van der Waals surface area (Å²) in [5.74, 6) is 0. The molecular weight excluding hydrogens is 331 g/mol. The number of aliphatic hydroxyl groups is 1. The number of halogens is 1. The molecule has 5 nitrogen and oxygen atoms in total. The molecule has 0 bridgehead atoms. The van der Waals surface area contributed by atoms with Gasteiger partial charge < -0.3 is 5.11 Å². The number of aliphatic hydroxyl groups excluding tert-OH is 1. The minimum absolute atomic E-state index is 0.0842. The van der Waals surface area contributed by atoms with Crippen molar-refractivity contribution in [3.8, 4) is 11.1 Å². The van der Waals surface area contributed by atoms with Gasteiger partial charge in [-0.1, -0.05) is 30.3 Å². The molecule has 24 heavy (non-hydrogen) atoms. The Balaban J connectivity index is 2.13. The Labute approximate surface area is 141 Å². The summed E-state index contributed by atoms with van der Waals surface area (Å²) in [5.41, 5.74) is 3.08. The summed E-state index contributed by atoms with van der Waals surface area (Å²) in [6, 6.07) is 10.4. The first-order chi connectivity index (χ1) is 11.3. The molecule has 0 saturated carbocycles. The van der Waals surface area contributed by atoms with E-state index in [0.29, 0.717) is 11.3 Å². The number of aromatic nitrogens is 1. The Kier molecular flexibility index (Phi) is 6.04. The fourth-order valence-corrected chi connectivity index (χ4v) is 3.14. The zero-order valence-corrected chi connectivity index (χ0v) is 14.4. The van der Waals surface area contributed by atoms with Gasteiger partial charge in [0.1, 0.15) is 0 Å². The number of pyridine rings is 1. The molecule has 0 aliphatic carbocycles. The van der Waals surface area contributed by atoms with Crippen LogP contribution in [0.25, 0.3) is 11.1 Å². The molecule has 2 aromatic rings. The number of nitrogens with zero attached hydrogens (tertiary/aromatic N) is 1. The number of rotatable bonds is 7. The van der Waals surface area contributed by atoms with Crippen LogP contribution in [0.1, 0.15) is 36.7 Å². The number of benzene rings is 1. The Hall–Kier alpha value is -1.83. The maximum Gasteiger partial charge on any atom is 0.209 e. The van der Waals surface area contributed by atoms with Crippen LogP contribution in [0, 0.1) is 0 Å². The van der Waals surface area contributed by atoms with Crippen molar-refractivity contribution >= 4 is 10.0 Å². The quantitative estimate of drug-likeness (QED) is 0.803. The van der Waals surface area contributed by atoms with E-state index >= 15 is 0 Å². The summed E-state index contributed by atoms with van der Waals surface area (Å²) in [5, 5.41) is 9.76. The lowest BCUT2D eigenvalue weighted by Gasteiger charge is -2.12. The molecule has 0 amide bonds. The third-order valence-corrected chi connectivity index (χ3v) is 4.41. The summed E-state index contributed by atoms with van der Waals surface area (Å²) in [6.07, 6.45) is 2.06. The molecule has 130 valence electrons. The van der Waals surface area contributed by atoms with E-state index in [-0.39, 0.29) is 6.42 Å². The van der Waals surface area contributed by atoms with Crippen molar-refractivity contribution in [1.29, 1.82) is 0 Å². The van der Waals surface area contributed by atoms with E-state index in [1.807, 2.05) is 18.2 Å². The van der Waals surface area contributed by atoms with E-state index in [9.17, 15) is 17.9 Å². The molecule has 2 rings (SSSR count). The van der Waals surface area contributed by atoms with Crippen LogP contribution in [-0.4, -0.2) is 31.4 Å². The van der Waals surface area contributed by atoms with Gasteiger partial charge in [-0.05, 0) is 24.1 Å². The first-order valence-corrected chi connectivity index (χ1v) is 9.47. The third kappa shape index (κ3) is 5.09. The van der Waals surface area contributed by atoms with Crippen molar-refractivity contribution in [2.24, 2.45) is 0 Å². The average Bonchev–Trinajstić information content (AvgIpc) is 2.54. The highest BCUT2D eigenvalue weighted by Gasteiger charge is 2.12. The Morgan fingerprint density at radius 3 is 2.29 bits per heavy atom. The van der Waals surface area contributed by atoms with Crippen LogP contribution in [0.4, 0.5) is 4.39 Å². The highest BCUT2D eigenvalue weighted by Crippen LogP contribution is 2.24. The maximum absolute atomic E-state index is 12.3. The second-order valence-corrected chi connectivity index (χ2v) is 7.48. The summed E-state index contributed by atoms with van der Waals surface area (Å²) >= 11 is 0. The minimum Gasteiger partial charge on any atom is -0.388 e. The van der Waals surface area contributed by atoms with Crippen LogP contribution < -0.4 is 4.72 Å². The molecule has 1 aromatic heterocycles. The topological polar surface area (TPSA) is 79.3 Å². The van der Waals surface area contributed by atoms with Crippen molar-refractivity contribution in [3.63, 3.8) is 0 Å². The first kappa shape index (κ1) is 18.5. The number of alkyl halides is 1. The SMILES string of the molecule is CC(NS(C)(=O)=O)c1ccc(-c2ccc(C(O)CCF)cc2)cn1. The van der Waals surface area contributed by atoms with E-state index in [0.717, 1.165) is 17.4 Å². The highest BCUT2D eigenvalue weighted by atomic mass is 32.2. The van der Waals surface area contributed by atoms with Crippen molar-refractivity contribution < 1.29 is 17.9 Å². The highest BCUT2D eigenvalue weighted by molar-refractivity contribution is 7.88. The van der Waals surface area contributed by atoms with Crippen LogP contribution >= 0.6 is 0 Å². The summed E-state index contributed by atoms with van der Waals surface area (Å²) in [7, 11) is -3.29. The third-order valence-electron chi connectivity index (χ3n) is 3.63. The van der Waals surface area contributed by atoms with Crippen molar-refractivity contribution in [1.82, 2.24) is 9.71 Å².